The first-order valence-corrected chi connectivity index (χ1v) is 51.9. The van der Waals surface area contributed by atoms with Crippen LogP contribution in [-0.2, 0) is 0 Å². The van der Waals surface area contributed by atoms with Crippen molar-refractivity contribution in [2.45, 2.75) is 0 Å². The highest BCUT2D eigenvalue weighted by Crippen LogP contribution is 2.52. The van der Waals surface area contributed by atoms with E-state index in [1.807, 2.05) is 40.1 Å². The van der Waals surface area contributed by atoms with Crippen molar-refractivity contribution in [2.75, 3.05) is 0 Å². The third-order valence-electron chi connectivity index (χ3n) is 29.9. The average Bonchev–Trinajstić information content (AvgIpc) is 1.55. The van der Waals surface area contributed by atoms with Gasteiger partial charge in [0.15, 0.2) is 0 Å². The van der Waals surface area contributed by atoms with Crippen LogP contribution in [0.3, 0.4) is 0 Å². The van der Waals surface area contributed by atoms with Gasteiger partial charge in [-0.3, -0.25) is 0 Å². The van der Waals surface area contributed by atoms with E-state index in [0.29, 0.717) is 0 Å². The lowest BCUT2D eigenvalue weighted by Crippen LogP contribution is -1.95. The summed E-state index contributed by atoms with van der Waals surface area (Å²) in [5.41, 5.74) is 30.7. The molecule has 0 saturated heterocycles. The second-order valence-electron chi connectivity index (χ2n) is 37.9. The first-order valence-electron chi connectivity index (χ1n) is 49.4. The zero-order chi connectivity index (χ0) is 95.0. The van der Waals surface area contributed by atoms with E-state index in [0.717, 1.165) is 39.6 Å². The lowest BCUT2D eigenvalue weighted by atomic mass is 10.00. The third-order valence-corrected chi connectivity index (χ3v) is 33.4. The molecule has 0 bridgehead atoms. The van der Waals surface area contributed by atoms with Crippen molar-refractivity contribution >= 4 is 236 Å². The van der Waals surface area contributed by atoms with E-state index in [1.165, 1.54) is 241 Å². The van der Waals surface area contributed by atoms with Gasteiger partial charge in [-0.15, -0.1) is 34.0 Å². The molecule has 0 saturated carbocycles. The number of aromatic nitrogens is 7. The maximum atomic E-state index is 5.13. The fourth-order valence-electron chi connectivity index (χ4n) is 23.4. The second-order valence-corrected chi connectivity index (χ2v) is 41.0. The predicted molar refractivity (Wildman–Crippen MR) is 621 cm³/mol. The molecular formula is C135H83N7S3. The molecule has 7 nitrogen and oxygen atoms in total. The van der Waals surface area contributed by atoms with Gasteiger partial charge in [0.2, 0.25) is 0 Å². The molecule has 10 heteroatoms. The number of hydrogen-bond donors (Lipinski definition) is 0. The highest BCUT2D eigenvalue weighted by molar-refractivity contribution is 7.27. The molecule has 32 rings (SSSR count). The molecular weight excluding hydrogens is 1820 g/mol. The van der Waals surface area contributed by atoms with Crippen molar-refractivity contribution in [3.63, 3.8) is 0 Å². The van der Waals surface area contributed by atoms with Gasteiger partial charge in [-0.25, -0.2) is 4.98 Å². The minimum Gasteiger partial charge on any atom is -0.309 e. The molecule has 0 N–H and O–H groups in total. The van der Waals surface area contributed by atoms with Gasteiger partial charge in [-0.05, 0) is 209 Å². The summed E-state index contributed by atoms with van der Waals surface area (Å²) in [6.45, 7) is 0. The summed E-state index contributed by atoms with van der Waals surface area (Å²) >= 11 is 5.69. The van der Waals surface area contributed by atoms with Crippen molar-refractivity contribution in [2.24, 2.45) is 0 Å². The molecule has 0 atom stereocenters. The predicted octanol–water partition coefficient (Wildman–Crippen LogP) is 38.0. The van der Waals surface area contributed by atoms with E-state index >= 15 is 0 Å². The molecule has 0 fully saturated rings. The summed E-state index contributed by atoms with van der Waals surface area (Å²) in [5, 5.41) is 25.6. The Labute approximate surface area is 844 Å². The normalized spacial score (nSPS) is 12.0. The SMILES string of the molecule is c1ccc(-c2ccc3c(c2)c2cc4c5ccc6c7ccccc7sc6c5n(-c5ccccc5)c4cc2n3-c2ccccc2)cc1.c1ccc(-c2cccc(-c3ccc4c(c3)c3cc5c6ccc7c8ccccc8sc7c6n(-c6ccccc6)c5cc3n4-c3ccccc3)n2)cc1.c1ccc(-n2c3cc(-c4ccc5ccccc5c4)ccc3c3cc4c5ccc6c7ccccc7sc6c5n(-c5ccccc5)c4cc32)cc1. The van der Waals surface area contributed by atoms with Gasteiger partial charge >= 0.3 is 0 Å². The molecule has 0 unspecified atom stereocenters. The number of fused-ring (bicyclic) bond motifs is 31. The standard InChI is InChI=1S/C47H29N3S.C46H28N2S.C42H26N2S/c1-4-13-30(14-5-1)40-20-12-21-41(48-40)31-23-26-42-37(27-31)39-28-38-35-24-25-36-34-19-10-11-22-45(34)51-47(36)46(35)50(33-17-8-3-9-18-33)44(38)29-43(39)49(42)32-15-6-2-7-16-32;1-3-13-33(14-4-1)47-41-26-32(31-20-19-29-11-7-8-12-30(29)25-31)21-22-35(41)39-27-40-37-23-24-38-36-17-9-10-18-44(36)49-46(38)45(37)48(43(40)28-42(39)47)34-15-5-2-6-16-34;1-4-12-27(13-5-1)28-20-23-37-34(24-28)36-25-35-32-21-22-33-31-18-10-11-19-40(31)45-42(33)41(32)44(30-16-8-3-9-17-30)39(35)26-38(36)43(37)29-14-6-2-7-15-29/h1-29H;1-28H;1-26H. The zero-order valence-electron chi connectivity index (χ0n) is 78.3. The molecule has 10 aromatic heterocycles. The first kappa shape index (κ1) is 82.6. The summed E-state index contributed by atoms with van der Waals surface area (Å²) in [4.78, 5) is 5.13. The Hall–Kier alpha value is -18.3. The molecule has 676 valence electrons. The zero-order valence-corrected chi connectivity index (χ0v) is 80.7. The number of para-hydroxylation sites is 6. The first-order chi connectivity index (χ1) is 71.9. The van der Waals surface area contributed by atoms with Gasteiger partial charge < -0.3 is 27.4 Å². The van der Waals surface area contributed by atoms with Crippen molar-refractivity contribution in [3.8, 4) is 78.9 Å². The Balaban J connectivity index is 0.000000101. The quantitative estimate of drug-likeness (QED) is 0.135. The fraction of sp³-hybridized carbons (Fsp3) is 0. The largest absolute Gasteiger partial charge is 0.309 e. The fourth-order valence-corrected chi connectivity index (χ4v) is 27.1. The molecule has 0 aliphatic rings. The van der Waals surface area contributed by atoms with Gasteiger partial charge in [0.05, 0.1) is 91.7 Å². The summed E-state index contributed by atoms with van der Waals surface area (Å²) in [6.07, 6.45) is 0. The van der Waals surface area contributed by atoms with Crippen molar-refractivity contribution in [1.82, 2.24) is 32.4 Å². The van der Waals surface area contributed by atoms with Crippen LogP contribution >= 0.6 is 34.0 Å². The lowest BCUT2D eigenvalue weighted by Gasteiger charge is -2.11. The number of benzene rings is 22. The Morgan fingerprint density at radius 2 is 0.414 bits per heavy atom. The Kier molecular flexibility index (Phi) is 18.9. The summed E-state index contributed by atoms with van der Waals surface area (Å²) in [7, 11) is 0. The third kappa shape index (κ3) is 13.1. The van der Waals surface area contributed by atoms with Crippen LogP contribution in [0.15, 0.2) is 504 Å². The van der Waals surface area contributed by atoms with Crippen LogP contribution in [-0.4, -0.2) is 32.4 Å². The number of nitrogens with zero attached hydrogens (tertiary/aromatic N) is 7. The minimum absolute atomic E-state index is 0.966. The minimum atomic E-state index is 0.966. The molecule has 0 amide bonds. The lowest BCUT2D eigenvalue weighted by molar-refractivity contribution is 1.17. The van der Waals surface area contributed by atoms with E-state index in [2.05, 4.69) is 525 Å². The average molecular weight is 1900 g/mol. The van der Waals surface area contributed by atoms with E-state index < -0.39 is 0 Å². The van der Waals surface area contributed by atoms with E-state index in [9.17, 15) is 0 Å². The monoisotopic (exact) mass is 1900 g/mol. The molecule has 145 heavy (non-hydrogen) atoms. The molecule has 32 aromatic rings. The highest BCUT2D eigenvalue weighted by atomic mass is 32.1. The van der Waals surface area contributed by atoms with Gasteiger partial charge in [0, 0.05) is 156 Å². The number of rotatable bonds is 10. The molecule has 0 aliphatic heterocycles. The summed E-state index contributed by atoms with van der Waals surface area (Å²) in [6, 6.07) is 183. The number of thiophene rings is 3. The molecule has 0 spiro atoms. The molecule has 0 aliphatic carbocycles. The van der Waals surface area contributed by atoms with Crippen LogP contribution in [0.4, 0.5) is 0 Å². The van der Waals surface area contributed by atoms with Crippen LogP contribution in [0.5, 0.6) is 0 Å². The molecule has 22 aromatic carbocycles. The van der Waals surface area contributed by atoms with Crippen LogP contribution in [0.25, 0.3) is 281 Å². The number of hydrogen-bond acceptors (Lipinski definition) is 4. The van der Waals surface area contributed by atoms with Crippen LogP contribution in [0.2, 0.25) is 0 Å². The van der Waals surface area contributed by atoms with E-state index in [1.54, 1.807) is 0 Å². The van der Waals surface area contributed by atoms with Crippen molar-refractivity contribution in [3.05, 3.63) is 504 Å². The topological polar surface area (TPSA) is 42.5 Å². The van der Waals surface area contributed by atoms with Gasteiger partial charge in [-0.1, -0.05) is 328 Å². The second kappa shape index (κ2) is 33.2. The Morgan fingerprint density at radius 1 is 0.138 bits per heavy atom. The summed E-state index contributed by atoms with van der Waals surface area (Å²) in [5.74, 6) is 0. The van der Waals surface area contributed by atoms with Crippen LogP contribution < -0.4 is 0 Å². The number of pyridine rings is 1. The van der Waals surface area contributed by atoms with Crippen LogP contribution in [0, 0.1) is 0 Å². The molecule has 10 heterocycles. The van der Waals surface area contributed by atoms with E-state index in [4.69, 9.17) is 4.98 Å². The van der Waals surface area contributed by atoms with Crippen molar-refractivity contribution < 1.29 is 0 Å². The highest BCUT2D eigenvalue weighted by Gasteiger charge is 2.28. The Bertz CT molecular complexity index is 10900. The van der Waals surface area contributed by atoms with Gasteiger partial charge in [0.1, 0.15) is 0 Å². The van der Waals surface area contributed by atoms with Gasteiger partial charge in [0.25, 0.3) is 0 Å². The molecule has 0 radical (unpaired) electrons. The maximum absolute atomic E-state index is 5.13. The van der Waals surface area contributed by atoms with Gasteiger partial charge in [-0.2, -0.15) is 0 Å². The summed E-state index contributed by atoms with van der Waals surface area (Å²) < 4.78 is 22.7. The van der Waals surface area contributed by atoms with Crippen LogP contribution in [0.1, 0.15) is 0 Å². The van der Waals surface area contributed by atoms with E-state index in [-0.39, 0.29) is 0 Å². The Morgan fingerprint density at radius 3 is 0.841 bits per heavy atom. The van der Waals surface area contributed by atoms with Crippen molar-refractivity contribution in [1.29, 1.82) is 0 Å². The smallest absolute Gasteiger partial charge is 0.0719 e. The maximum Gasteiger partial charge on any atom is 0.0719 e.